The summed E-state index contributed by atoms with van der Waals surface area (Å²) in [6.45, 7) is 0. The molecule has 0 saturated heterocycles. The van der Waals surface area contributed by atoms with Crippen LogP contribution in [0.2, 0.25) is 0 Å². The second kappa shape index (κ2) is 10.6. The molecule has 0 saturated carbocycles. The summed E-state index contributed by atoms with van der Waals surface area (Å²) in [6, 6.07) is 23.5. The number of phenolic OH excluding ortho intramolecular Hbond substituents is 2. The van der Waals surface area contributed by atoms with Crippen molar-refractivity contribution in [2.45, 2.75) is 51.4 Å². The first-order valence-corrected chi connectivity index (χ1v) is 10.3. The fraction of sp³-hybridized carbons (Fsp3) is 0.308. The SMILES string of the molecule is Oc1cccc(O)c1.c1ccc2c(c1)CCCC2.c1ccc2c(c1)CCCC2. The maximum absolute atomic E-state index is 8.65. The Balaban J connectivity index is 0.000000122. The Hall–Kier alpha value is -2.74. The minimum atomic E-state index is 0.0880. The van der Waals surface area contributed by atoms with Gasteiger partial charge < -0.3 is 10.2 Å². The molecule has 2 nitrogen and oxygen atoms in total. The Morgan fingerprint density at radius 3 is 1.00 bits per heavy atom. The van der Waals surface area contributed by atoms with E-state index in [-0.39, 0.29) is 11.5 Å². The molecule has 0 spiro atoms. The van der Waals surface area contributed by atoms with Gasteiger partial charge in [-0.3, -0.25) is 0 Å². The van der Waals surface area contributed by atoms with Crippen molar-refractivity contribution in [3.8, 4) is 11.5 Å². The predicted molar refractivity (Wildman–Crippen MR) is 116 cm³/mol. The highest BCUT2D eigenvalue weighted by atomic mass is 16.3. The molecule has 2 aliphatic rings. The van der Waals surface area contributed by atoms with E-state index in [9.17, 15) is 0 Å². The van der Waals surface area contributed by atoms with Gasteiger partial charge in [0.1, 0.15) is 11.5 Å². The quantitative estimate of drug-likeness (QED) is 0.490. The molecule has 28 heavy (non-hydrogen) atoms. The molecule has 2 N–H and O–H groups in total. The number of aryl methyl sites for hydroxylation is 4. The summed E-state index contributed by atoms with van der Waals surface area (Å²) >= 11 is 0. The van der Waals surface area contributed by atoms with Crippen LogP contribution in [0.25, 0.3) is 0 Å². The van der Waals surface area contributed by atoms with E-state index in [2.05, 4.69) is 48.5 Å². The first-order chi connectivity index (χ1) is 13.7. The number of aromatic hydroxyl groups is 2. The van der Waals surface area contributed by atoms with Gasteiger partial charge in [-0.05, 0) is 85.8 Å². The van der Waals surface area contributed by atoms with E-state index in [0.717, 1.165) is 0 Å². The fourth-order valence-electron chi connectivity index (χ4n) is 3.85. The van der Waals surface area contributed by atoms with Crippen LogP contribution in [-0.2, 0) is 25.7 Å². The zero-order valence-corrected chi connectivity index (χ0v) is 16.5. The molecule has 0 bridgehead atoms. The number of benzene rings is 3. The number of fused-ring (bicyclic) bond motifs is 2. The second-order valence-corrected chi connectivity index (χ2v) is 7.47. The molecule has 0 amide bonds. The summed E-state index contributed by atoms with van der Waals surface area (Å²) in [4.78, 5) is 0. The van der Waals surface area contributed by atoms with Gasteiger partial charge in [-0.15, -0.1) is 0 Å². The lowest BCUT2D eigenvalue weighted by Gasteiger charge is -2.13. The van der Waals surface area contributed by atoms with Crippen molar-refractivity contribution in [2.75, 3.05) is 0 Å². The summed E-state index contributed by atoms with van der Waals surface area (Å²) in [5, 5.41) is 17.3. The molecule has 146 valence electrons. The average Bonchev–Trinajstić information content (AvgIpc) is 2.75. The minimum Gasteiger partial charge on any atom is -0.508 e. The van der Waals surface area contributed by atoms with Crippen LogP contribution in [0.3, 0.4) is 0 Å². The van der Waals surface area contributed by atoms with Crippen LogP contribution < -0.4 is 0 Å². The van der Waals surface area contributed by atoms with E-state index >= 15 is 0 Å². The van der Waals surface area contributed by atoms with Crippen molar-refractivity contribution in [3.63, 3.8) is 0 Å². The minimum absolute atomic E-state index is 0.0880. The molecular formula is C26H30O2. The zero-order chi connectivity index (χ0) is 19.6. The Kier molecular flexibility index (Phi) is 7.54. The Morgan fingerprint density at radius 2 is 0.750 bits per heavy atom. The Morgan fingerprint density at radius 1 is 0.429 bits per heavy atom. The fourth-order valence-corrected chi connectivity index (χ4v) is 3.85. The number of phenols is 2. The first kappa shape index (κ1) is 20.0. The van der Waals surface area contributed by atoms with Crippen molar-refractivity contribution in [1.82, 2.24) is 0 Å². The third-order valence-corrected chi connectivity index (χ3v) is 5.35. The zero-order valence-electron chi connectivity index (χ0n) is 16.5. The van der Waals surface area contributed by atoms with Gasteiger partial charge in [0.15, 0.2) is 0 Å². The molecule has 0 aliphatic heterocycles. The molecular weight excluding hydrogens is 344 g/mol. The van der Waals surface area contributed by atoms with Gasteiger partial charge in [0, 0.05) is 6.07 Å². The third kappa shape index (κ3) is 6.16. The van der Waals surface area contributed by atoms with Gasteiger partial charge in [-0.1, -0.05) is 54.6 Å². The largest absolute Gasteiger partial charge is 0.508 e. The van der Waals surface area contributed by atoms with Gasteiger partial charge in [0.05, 0.1) is 0 Å². The van der Waals surface area contributed by atoms with Crippen LogP contribution in [0.5, 0.6) is 11.5 Å². The second-order valence-electron chi connectivity index (χ2n) is 7.47. The van der Waals surface area contributed by atoms with E-state index in [4.69, 9.17) is 10.2 Å². The highest BCUT2D eigenvalue weighted by Gasteiger charge is 2.06. The lowest BCUT2D eigenvalue weighted by Crippen LogP contribution is -2.00. The first-order valence-electron chi connectivity index (χ1n) is 10.3. The summed E-state index contributed by atoms with van der Waals surface area (Å²) in [5.74, 6) is 0.176. The maximum atomic E-state index is 8.65. The lowest BCUT2D eigenvalue weighted by atomic mass is 9.92. The molecule has 5 rings (SSSR count). The topological polar surface area (TPSA) is 40.5 Å². The molecule has 2 aliphatic carbocycles. The molecule has 3 aromatic rings. The van der Waals surface area contributed by atoms with Crippen molar-refractivity contribution < 1.29 is 10.2 Å². The molecule has 0 radical (unpaired) electrons. The van der Waals surface area contributed by atoms with Crippen LogP contribution in [0.1, 0.15) is 47.9 Å². The normalized spacial score (nSPS) is 14.3. The van der Waals surface area contributed by atoms with Crippen molar-refractivity contribution in [1.29, 1.82) is 0 Å². The van der Waals surface area contributed by atoms with Gasteiger partial charge in [-0.25, -0.2) is 0 Å². The third-order valence-electron chi connectivity index (χ3n) is 5.35. The molecule has 0 fully saturated rings. The van der Waals surface area contributed by atoms with Crippen LogP contribution in [0, 0.1) is 0 Å². The molecule has 0 atom stereocenters. The van der Waals surface area contributed by atoms with E-state index in [1.165, 1.54) is 69.6 Å². The standard InChI is InChI=1S/2C10H12.C6H6O2/c2*1-2-6-10-8-4-3-7-9(10)5-1;7-5-2-1-3-6(8)4-5/h2*1-2,5-6H,3-4,7-8H2;1-4,7-8H. The molecule has 0 heterocycles. The molecule has 0 unspecified atom stereocenters. The number of hydrogen-bond donors (Lipinski definition) is 2. The van der Waals surface area contributed by atoms with Gasteiger partial charge in [0.25, 0.3) is 0 Å². The molecule has 2 heteroatoms. The van der Waals surface area contributed by atoms with E-state index < -0.39 is 0 Å². The summed E-state index contributed by atoms with van der Waals surface area (Å²) in [6.07, 6.45) is 10.8. The van der Waals surface area contributed by atoms with Crippen LogP contribution in [-0.4, -0.2) is 10.2 Å². The maximum Gasteiger partial charge on any atom is 0.119 e. The van der Waals surface area contributed by atoms with Gasteiger partial charge >= 0.3 is 0 Å². The summed E-state index contributed by atoms with van der Waals surface area (Å²) in [5.41, 5.74) is 6.31. The highest BCUT2D eigenvalue weighted by Crippen LogP contribution is 2.20. The Bertz CT molecular complexity index is 751. The van der Waals surface area contributed by atoms with Crippen molar-refractivity contribution >= 4 is 0 Å². The molecule has 3 aromatic carbocycles. The van der Waals surface area contributed by atoms with Gasteiger partial charge in [-0.2, -0.15) is 0 Å². The Labute approximate surface area is 168 Å². The van der Waals surface area contributed by atoms with E-state index in [0.29, 0.717) is 0 Å². The van der Waals surface area contributed by atoms with E-state index in [1.54, 1.807) is 28.3 Å². The van der Waals surface area contributed by atoms with Crippen LogP contribution in [0.15, 0.2) is 72.8 Å². The summed E-state index contributed by atoms with van der Waals surface area (Å²) < 4.78 is 0. The number of rotatable bonds is 0. The molecule has 0 aromatic heterocycles. The smallest absolute Gasteiger partial charge is 0.119 e. The van der Waals surface area contributed by atoms with Crippen molar-refractivity contribution in [2.24, 2.45) is 0 Å². The van der Waals surface area contributed by atoms with Crippen molar-refractivity contribution in [3.05, 3.63) is 95.1 Å². The summed E-state index contributed by atoms with van der Waals surface area (Å²) in [7, 11) is 0. The van der Waals surface area contributed by atoms with Crippen LogP contribution in [0.4, 0.5) is 0 Å². The monoisotopic (exact) mass is 374 g/mol. The predicted octanol–water partition coefficient (Wildman–Crippen LogP) is 6.23. The number of hydrogen-bond acceptors (Lipinski definition) is 2. The average molecular weight is 375 g/mol. The lowest BCUT2D eigenvalue weighted by molar-refractivity contribution is 0.450. The highest BCUT2D eigenvalue weighted by molar-refractivity contribution is 5.30. The van der Waals surface area contributed by atoms with Crippen LogP contribution >= 0.6 is 0 Å². The van der Waals surface area contributed by atoms with E-state index in [1.807, 2.05) is 0 Å². The van der Waals surface area contributed by atoms with Gasteiger partial charge in [0.2, 0.25) is 0 Å².